The zero-order valence-corrected chi connectivity index (χ0v) is 11.9. The Hall–Kier alpha value is -1.91. The first-order valence-corrected chi connectivity index (χ1v) is 7.69. The van der Waals surface area contributed by atoms with E-state index in [0.717, 1.165) is 12.3 Å². The van der Waals surface area contributed by atoms with Gasteiger partial charge in [0.05, 0.1) is 12.1 Å². The van der Waals surface area contributed by atoms with Gasteiger partial charge in [0, 0.05) is 11.9 Å². The number of hydrogen-bond acceptors (Lipinski definition) is 4. The van der Waals surface area contributed by atoms with Gasteiger partial charge in [0.1, 0.15) is 11.1 Å². The van der Waals surface area contributed by atoms with Crippen molar-refractivity contribution in [2.45, 2.75) is 12.2 Å². The van der Waals surface area contributed by atoms with Crippen molar-refractivity contribution in [3.8, 4) is 11.8 Å². The summed E-state index contributed by atoms with van der Waals surface area (Å²) in [6, 6.07) is 3.79. The fourth-order valence-electron chi connectivity index (χ4n) is 1.28. The van der Waals surface area contributed by atoms with E-state index in [4.69, 9.17) is 5.73 Å². The Morgan fingerprint density at radius 3 is 2.70 bits per heavy atom. The van der Waals surface area contributed by atoms with E-state index in [-0.39, 0.29) is 17.8 Å². The van der Waals surface area contributed by atoms with Crippen molar-refractivity contribution in [2.24, 2.45) is 5.73 Å². The normalized spacial score (nSPS) is 12.2. The second kappa shape index (κ2) is 6.50. The SMILES string of the molecule is CC(C(=O)Nc1ccc(F)c(C#CCN)c1)S(C)(=O)=O. The van der Waals surface area contributed by atoms with Crippen molar-refractivity contribution in [3.63, 3.8) is 0 Å². The summed E-state index contributed by atoms with van der Waals surface area (Å²) in [5.74, 6) is 3.80. The number of sulfone groups is 1. The van der Waals surface area contributed by atoms with Crippen LogP contribution in [0, 0.1) is 17.7 Å². The minimum Gasteiger partial charge on any atom is -0.325 e. The third-order valence-electron chi connectivity index (χ3n) is 2.57. The summed E-state index contributed by atoms with van der Waals surface area (Å²) in [6.45, 7) is 1.37. The number of amides is 1. The molecule has 1 rings (SSSR count). The van der Waals surface area contributed by atoms with Crippen molar-refractivity contribution < 1.29 is 17.6 Å². The number of hydrogen-bond donors (Lipinski definition) is 2. The first kappa shape index (κ1) is 16.1. The maximum atomic E-state index is 13.4. The number of carbonyl (C=O) groups excluding carboxylic acids is 1. The Morgan fingerprint density at radius 2 is 2.15 bits per heavy atom. The zero-order valence-electron chi connectivity index (χ0n) is 11.1. The Kier molecular flexibility index (Phi) is 5.25. The molecule has 1 amide bonds. The average Bonchev–Trinajstić information content (AvgIpc) is 2.37. The molecule has 1 aromatic carbocycles. The third kappa shape index (κ3) is 4.33. The number of anilines is 1. The lowest BCUT2D eigenvalue weighted by atomic mass is 10.2. The van der Waals surface area contributed by atoms with E-state index in [0.29, 0.717) is 0 Å². The molecule has 1 atom stereocenters. The minimum absolute atomic E-state index is 0.0836. The first-order valence-electron chi connectivity index (χ1n) is 5.74. The molecule has 0 aliphatic carbocycles. The summed E-state index contributed by atoms with van der Waals surface area (Å²) < 4.78 is 36.0. The summed E-state index contributed by atoms with van der Waals surface area (Å²) in [4.78, 5) is 11.7. The van der Waals surface area contributed by atoms with Crippen LogP contribution in [-0.4, -0.2) is 32.4 Å². The largest absolute Gasteiger partial charge is 0.325 e. The summed E-state index contributed by atoms with van der Waals surface area (Å²) in [5, 5.41) is 1.22. The molecule has 1 unspecified atom stereocenters. The van der Waals surface area contributed by atoms with Crippen LogP contribution in [0.5, 0.6) is 0 Å². The molecule has 0 fully saturated rings. The fourth-order valence-corrected chi connectivity index (χ4v) is 1.73. The van der Waals surface area contributed by atoms with Gasteiger partial charge in [0.25, 0.3) is 0 Å². The van der Waals surface area contributed by atoms with Crippen LogP contribution < -0.4 is 11.1 Å². The Labute approximate surface area is 117 Å². The number of nitrogens with two attached hydrogens (primary N) is 1. The van der Waals surface area contributed by atoms with Crippen LogP contribution >= 0.6 is 0 Å². The molecular weight excluding hydrogens is 283 g/mol. The molecule has 7 heteroatoms. The monoisotopic (exact) mass is 298 g/mol. The number of nitrogens with one attached hydrogen (secondary N) is 1. The number of benzene rings is 1. The molecule has 1 aromatic rings. The summed E-state index contributed by atoms with van der Waals surface area (Å²) in [7, 11) is -3.49. The first-order chi connectivity index (χ1) is 9.25. The molecule has 0 aliphatic heterocycles. The van der Waals surface area contributed by atoms with Crippen molar-refractivity contribution >= 4 is 21.4 Å². The van der Waals surface area contributed by atoms with Gasteiger partial charge in [0.15, 0.2) is 9.84 Å². The molecule has 108 valence electrons. The van der Waals surface area contributed by atoms with Gasteiger partial charge in [-0.15, -0.1) is 0 Å². The zero-order chi connectivity index (χ0) is 15.3. The molecular formula is C13H15FN2O3S. The summed E-state index contributed by atoms with van der Waals surface area (Å²) >= 11 is 0. The smallest absolute Gasteiger partial charge is 0.242 e. The Balaban J connectivity index is 2.97. The highest BCUT2D eigenvalue weighted by atomic mass is 32.2. The van der Waals surface area contributed by atoms with Gasteiger partial charge in [-0.1, -0.05) is 11.8 Å². The predicted molar refractivity (Wildman–Crippen MR) is 75.3 cm³/mol. The Morgan fingerprint density at radius 1 is 1.50 bits per heavy atom. The summed E-state index contributed by atoms with van der Waals surface area (Å²) in [5.41, 5.74) is 5.56. The van der Waals surface area contributed by atoms with Gasteiger partial charge in [-0.05, 0) is 25.1 Å². The lowest BCUT2D eigenvalue weighted by Gasteiger charge is -2.10. The molecule has 3 N–H and O–H groups in total. The second-order valence-electron chi connectivity index (χ2n) is 4.16. The van der Waals surface area contributed by atoms with Crippen LogP contribution in [0.25, 0.3) is 0 Å². The van der Waals surface area contributed by atoms with E-state index in [2.05, 4.69) is 17.2 Å². The van der Waals surface area contributed by atoms with Gasteiger partial charge < -0.3 is 11.1 Å². The lowest BCUT2D eigenvalue weighted by Crippen LogP contribution is -2.31. The van der Waals surface area contributed by atoms with Crippen LogP contribution in [-0.2, 0) is 14.6 Å². The van der Waals surface area contributed by atoms with Crippen LogP contribution in [0.4, 0.5) is 10.1 Å². The molecule has 0 aliphatic rings. The molecule has 0 heterocycles. The van der Waals surface area contributed by atoms with Crippen LogP contribution in [0.1, 0.15) is 12.5 Å². The molecule has 0 saturated carbocycles. The van der Waals surface area contributed by atoms with E-state index in [1.54, 1.807) is 0 Å². The minimum atomic E-state index is -3.49. The topological polar surface area (TPSA) is 89.3 Å². The van der Waals surface area contributed by atoms with Crippen molar-refractivity contribution in [3.05, 3.63) is 29.6 Å². The van der Waals surface area contributed by atoms with Crippen molar-refractivity contribution in [2.75, 3.05) is 18.1 Å². The van der Waals surface area contributed by atoms with Gasteiger partial charge in [-0.2, -0.15) is 0 Å². The second-order valence-corrected chi connectivity index (χ2v) is 6.53. The fraction of sp³-hybridized carbons (Fsp3) is 0.308. The van der Waals surface area contributed by atoms with E-state index >= 15 is 0 Å². The van der Waals surface area contributed by atoms with Crippen LogP contribution in [0.2, 0.25) is 0 Å². The number of carbonyl (C=O) groups is 1. The van der Waals surface area contributed by atoms with Crippen molar-refractivity contribution in [1.29, 1.82) is 0 Å². The standard InChI is InChI=1S/C13H15FN2O3S/c1-9(20(2,18)19)13(17)16-11-5-6-12(14)10(8-11)4-3-7-15/h5-6,8-9H,7,15H2,1-2H3,(H,16,17). The summed E-state index contributed by atoms with van der Waals surface area (Å²) in [6.07, 6.45) is 0.972. The van der Waals surface area contributed by atoms with Gasteiger partial charge in [-0.25, -0.2) is 12.8 Å². The lowest BCUT2D eigenvalue weighted by molar-refractivity contribution is -0.115. The van der Waals surface area contributed by atoms with Crippen molar-refractivity contribution in [1.82, 2.24) is 0 Å². The molecule has 0 bridgehead atoms. The van der Waals surface area contributed by atoms with Crippen LogP contribution in [0.3, 0.4) is 0 Å². The molecule has 20 heavy (non-hydrogen) atoms. The Bertz CT molecular complexity index is 675. The van der Waals surface area contributed by atoms with Gasteiger partial charge in [0.2, 0.25) is 5.91 Å². The van der Waals surface area contributed by atoms with E-state index in [1.807, 2.05) is 0 Å². The third-order valence-corrected chi connectivity index (χ3v) is 4.07. The highest BCUT2D eigenvalue weighted by Crippen LogP contribution is 2.15. The van der Waals surface area contributed by atoms with E-state index in [9.17, 15) is 17.6 Å². The molecule has 0 spiro atoms. The highest BCUT2D eigenvalue weighted by molar-refractivity contribution is 7.92. The molecule has 0 saturated heterocycles. The molecule has 5 nitrogen and oxygen atoms in total. The molecule has 0 aromatic heterocycles. The number of halogens is 1. The number of rotatable bonds is 3. The van der Waals surface area contributed by atoms with Crippen LogP contribution in [0.15, 0.2) is 18.2 Å². The van der Waals surface area contributed by atoms with Gasteiger partial charge >= 0.3 is 0 Å². The molecule has 0 radical (unpaired) electrons. The maximum absolute atomic E-state index is 13.4. The van der Waals surface area contributed by atoms with E-state index < -0.39 is 26.8 Å². The highest BCUT2D eigenvalue weighted by Gasteiger charge is 2.23. The van der Waals surface area contributed by atoms with Gasteiger partial charge in [-0.3, -0.25) is 4.79 Å². The predicted octanol–water partition coefficient (Wildman–Crippen LogP) is 0.508. The van der Waals surface area contributed by atoms with E-state index in [1.165, 1.54) is 19.1 Å². The maximum Gasteiger partial charge on any atom is 0.242 e. The quantitative estimate of drug-likeness (QED) is 0.796. The average molecular weight is 298 g/mol.